The van der Waals surface area contributed by atoms with Gasteiger partial charge >= 0.3 is 12.0 Å². The number of aliphatic carboxylic acids is 1. The summed E-state index contributed by atoms with van der Waals surface area (Å²) in [6, 6.07) is 5.74. The van der Waals surface area contributed by atoms with Crippen LogP contribution in [0.1, 0.15) is 24.1 Å². The van der Waals surface area contributed by atoms with Crippen molar-refractivity contribution in [2.24, 2.45) is 0 Å². The van der Waals surface area contributed by atoms with Crippen molar-refractivity contribution in [3.63, 3.8) is 0 Å². The number of hydrogen-bond acceptors (Lipinski definition) is 3. The van der Waals surface area contributed by atoms with Crippen LogP contribution in [-0.2, 0) is 9.59 Å². The van der Waals surface area contributed by atoms with E-state index in [0.717, 1.165) is 11.1 Å². The van der Waals surface area contributed by atoms with Crippen molar-refractivity contribution >= 4 is 17.9 Å². The van der Waals surface area contributed by atoms with Gasteiger partial charge in [-0.1, -0.05) is 29.8 Å². The van der Waals surface area contributed by atoms with E-state index in [0.29, 0.717) is 11.3 Å². The second kappa shape index (κ2) is 5.67. The molecule has 1 aromatic carbocycles. The first-order valence-corrected chi connectivity index (χ1v) is 7.69. The fourth-order valence-electron chi connectivity index (χ4n) is 3.13. The number of rotatable bonds is 3. The molecule has 7 nitrogen and oxygen atoms in total. The van der Waals surface area contributed by atoms with Crippen LogP contribution in [0.3, 0.4) is 0 Å². The molecule has 2 aliphatic heterocycles. The molecule has 2 atom stereocenters. The van der Waals surface area contributed by atoms with E-state index in [-0.39, 0.29) is 18.5 Å². The first-order chi connectivity index (χ1) is 11.3. The van der Waals surface area contributed by atoms with E-state index in [2.05, 4.69) is 5.32 Å². The van der Waals surface area contributed by atoms with Crippen molar-refractivity contribution < 1.29 is 19.5 Å². The Bertz CT molecular complexity index is 771. The summed E-state index contributed by atoms with van der Waals surface area (Å²) in [5.74, 6) is -1.42. The lowest BCUT2D eigenvalue weighted by Gasteiger charge is -2.31. The van der Waals surface area contributed by atoms with Crippen LogP contribution in [-0.4, -0.2) is 52.4 Å². The molecule has 3 rings (SSSR count). The number of nitrogens with zero attached hydrogens (tertiary/aromatic N) is 2. The zero-order valence-corrected chi connectivity index (χ0v) is 13.7. The van der Waals surface area contributed by atoms with Crippen LogP contribution in [0.15, 0.2) is 35.5 Å². The maximum absolute atomic E-state index is 12.8. The highest BCUT2D eigenvalue weighted by Crippen LogP contribution is 2.36. The molecule has 24 heavy (non-hydrogen) atoms. The first kappa shape index (κ1) is 16.0. The molecule has 0 radical (unpaired) electrons. The lowest BCUT2D eigenvalue weighted by Crippen LogP contribution is -2.45. The van der Waals surface area contributed by atoms with E-state index < -0.39 is 18.1 Å². The molecular weight excluding hydrogens is 310 g/mol. The molecule has 2 heterocycles. The van der Waals surface area contributed by atoms with Gasteiger partial charge in [0.2, 0.25) is 0 Å². The van der Waals surface area contributed by atoms with Gasteiger partial charge in [0.1, 0.15) is 6.04 Å². The SMILES string of the molecule is Cc1cccc(C2NC(=O)N(C)C3=C2C(=O)N(C(C)C(=O)O)C3)c1. The molecule has 1 aromatic rings. The second-order valence-electron chi connectivity index (χ2n) is 6.16. The van der Waals surface area contributed by atoms with Gasteiger partial charge in [0, 0.05) is 7.05 Å². The van der Waals surface area contributed by atoms with E-state index in [1.165, 1.54) is 16.7 Å². The highest BCUT2D eigenvalue weighted by Gasteiger charge is 2.45. The normalized spacial score (nSPS) is 21.7. The lowest BCUT2D eigenvalue weighted by molar-refractivity contribution is -0.147. The lowest BCUT2D eigenvalue weighted by atomic mass is 9.94. The summed E-state index contributed by atoms with van der Waals surface area (Å²) < 4.78 is 0. The average Bonchev–Trinajstić information content (AvgIpc) is 2.88. The molecule has 0 saturated heterocycles. The van der Waals surface area contributed by atoms with Crippen molar-refractivity contribution in [1.29, 1.82) is 0 Å². The maximum atomic E-state index is 12.8. The van der Waals surface area contributed by atoms with Gasteiger partial charge in [-0.25, -0.2) is 9.59 Å². The van der Waals surface area contributed by atoms with Crippen molar-refractivity contribution in [3.05, 3.63) is 46.7 Å². The van der Waals surface area contributed by atoms with Crippen molar-refractivity contribution in [2.45, 2.75) is 25.9 Å². The molecule has 0 spiro atoms. The van der Waals surface area contributed by atoms with Crippen LogP contribution in [0.5, 0.6) is 0 Å². The Morgan fingerprint density at radius 3 is 2.71 bits per heavy atom. The van der Waals surface area contributed by atoms with E-state index in [1.807, 2.05) is 31.2 Å². The van der Waals surface area contributed by atoms with Crippen molar-refractivity contribution in [2.75, 3.05) is 13.6 Å². The zero-order chi connectivity index (χ0) is 17.6. The standard InChI is InChI=1S/C17H19N3O4/c1-9-5-4-6-11(7-9)14-13-12(19(3)17(24)18-14)8-20(15(13)21)10(2)16(22)23/h4-7,10,14H,8H2,1-3H3,(H,18,24)(H,22,23). The molecular formula is C17H19N3O4. The number of likely N-dealkylation sites (N-methyl/N-ethyl adjacent to an activating group) is 1. The summed E-state index contributed by atoms with van der Waals surface area (Å²) in [7, 11) is 1.58. The van der Waals surface area contributed by atoms with Gasteiger partial charge in [-0.15, -0.1) is 0 Å². The number of amides is 3. The van der Waals surface area contributed by atoms with Crippen molar-refractivity contribution in [1.82, 2.24) is 15.1 Å². The van der Waals surface area contributed by atoms with Gasteiger partial charge in [-0.3, -0.25) is 9.69 Å². The van der Waals surface area contributed by atoms with Gasteiger partial charge in [-0.2, -0.15) is 0 Å². The number of aryl methyl sites for hydroxylation is 1. The summed E-state index contributed by atoms with van der Waals surface area (Å²) in [5.41, 5.74) is 2.82. The predicted molar refractivity (Wildman–Crippen MR) is 86.1 cm³/mol. The molecule has 0 aromatic heterocycles. The van der Waals surface area contributed by atoms with Crippen LogP contribution < -0.4 is 5.32 Å². The molecule has 2 N–H and O–H groups in total. The Morgan fingerprint density at radius 2 is 2.08 bits per heavy atom. The van der Waals surface area contributed by atoms with Crippen molar-refractivity contribution in [3.8, 4) is 0 Å². The van der Waals surface area contributed by atoms with E-state index in [1.54, 1.807) is 7.05 Å². The third kappa shape index (κ3) is 2.42. The summed E-state index contributed by atoms with van der Waals surface area (Å²) in [4.78, 5) is 39.0. The van der Waals surface area contributed by atoms with Gasteiger partial charge in [-0.05, 0) is 19.4 Å². The summed E-state index contributed by atoms with van der Waals surface area (Å²) in [5, 5.41) is 12.1. The number of carboxylic acids is 1. The predicted octanol–water partition coefficient (Wildman–Crippen LogP) is 1.26. The van der Waals surface area contributed by atoms with Crippen LogP contribution in [0, 0.1) is 6.92 Å². The average molecular weight is 329 g/mol. The largest absolute Gasteiger partial charge is 0.480 e. The number of benzene rings is 1. The number of carbonyl (C=O) groups is 3. The number of carboxylic acid groups (broad SMARTS) is 1. The molecule has 0 bridgehead atoms. The van der Waals surface area contributed by atoms with E-state index in [9.17, 15) is 19.5 Å². The topological polar surface area (TPSA) is 90.0 Å². The Hall–Kier alpha value is -2.83. The second-order valence-corrected chi connectivity index (χ2v) is 6.16. The van der Waals surface area contributed by atoms with Gasteiger partial charge in [0.25, 0.3) is 5.91 Å². The fraction of sp³-hybridized carbons (Fsp3) is 0.353. The molecule has 0 aliphatic carbocycles. The maximum Gasteiger partial charge on any atom is 0.326 e. The molecule has 126 valence electrons. The third-order valence-corrected chi connectivity index (χ3v) is 4.59. The highest BCUT2D eigenvalue weighted by molar-refractivity contribution is 6.03. The molecule has 0 fully saturated rings. The molecule has 0 saturated carbocycles. The fourth-order valence-corrected chi connectivity index (χ4v) is 3.13. The van der Waals surface area contributed by atoms with Gasteiger partial charge < -0.3 is 15.3 Å². The van der Waals surface area contributed by atoms with Crippen LogP contribution in [0.2, 0.25) is 0 Å². The number of nitrogens with one attached hydrogen (secondary N) is 1. The molecule has 2 unspecified atom stereocenters. The summed E-state index contributed by atoms with van der Waals surface area (Å²) in [6.07, 6.45) is 0. The Labute approximate surface area is 139 Å². The minimum atomic E-state index is -1.07. The minimum Gasteiger partial charge on any atom is -0.480 e. The molecule has 7 heteroatoms. The van der Waals surface area contributed by atoms with Gasteiger partial charge in [0.15, 0.2) is 0 Å². The quantitative estimate of drug-likeness (QED) is 0.873. The zero-order valence-electron chi connectivity index (χ0n) is 13.7. The monoisotopic (exact) mass is 329 g/mol. The smallest absolute Gasteiger partial charge is 0.326 e. The van der Waals surface area contributed by atoms with Crippen LogP contribution in [0.25, 0.3) is 0 Å². The van der Waals surface area contributed by atoms with Crippen LogP contribution in [0.4, 0.5) is 4.79 Å². The Kier molecular flexibility index (Phi) is 3.79. The van der Waals surface area contributed by atoms with E-state index >= 15 is 0 Å². The summed E-state index contributed by atoms with van der Waals surface area (Å²) in [6.45, 7) is 3.52. The molecule has 3 amide bonds. The highest BCUT2D eigenvalue weighted by atomic mass is 16.4. The van der Waals surface area contributed by atoms with Gasteiger partial charge in [0.05, 0.1) is 23.9 Å². The Morgan fingerprint density at radius 1 is 1.38 bits per heavy atom. The number of hydrogen-bond donors (Lipinski definition) is 2. The number of urea groups is 1. The molecule has 2 aliphatic rings. The summed E-state index contributed by atoms with van der Waals surface area (Å²) >= 11 is 0. The van der Waals surface area contributed by atoms with Crippen LogP contribution >= 0.6 is 0 Å². The third-order valence-electron chi connectivity index (χ3n) is 4.59. The number of carbonyl (C=O) groups excluding carboxylic acids is 2. The minimum absolute atomic E-state index is 0.119. The van der Waals surface area contributed by atoms with E-state index in [4.69, 9.17) is 0 Å². The Balaban J connectivity index is 2.05. The first-order valence-electron chi connectivity index (χ1n) is 7.69.